The van der Waals surface area contributed by atoms with E-state index >= 15 is 0 Å². The molecule has 0 atom stereocenters. The molecule has 0 aromatic heterocycles. The smallest absolute Gasteiger partial charge is 0.331 e. The molecule has 0 saturated carbocycles. The number of benzene rings is 1. The molecule has 0 fully saturated rings. The normalized spacial score (nSPS) is 10.6. The molecule has 0 amide bonds. The van der Waals surface area contributed by atoms with E-state index < -0.39 is 0 Å². The van der Waals surface area contributed by atoms with Crippen LogP contribution in [0.1, 0.15) is 31.2 Å². The second kappa shape index (κ2) is 14.7. The summed E-state index contributed by atoms with van der Waals surface area (Å²) in [6.45, 7) is 3.26. The number of rotatable bonds is 15. The number of ether oxygens (including phenoxy) is 4. The Hall–Kier alpha value is -1.63. The van der Waals surface area contributed by atoms with E-state index in [-0.39, 0.29) is 12.6 Å². The Morgan fingerprint density at radius 3 is 2.56 bits per heavy atom. The van der Waals surface area contributed by atoms with Gasteiger partial charge in [-0.3, -0.25) is 0 Å². The van der Waals surface area contributed by atoms with Gasteiger partial charge in [0.15, 0.2) is 0 Å². The van der Waals surface area contributed by atoms with Gasteiger partial charge in [-0.1, -0.05) is 12.1 Å². The van der Waals surface area contributed by atoms with Crippen molar-refractivity contribution in [2.45, 2.75) is 32.1 Å². The third kappa shape index (κ3) is 11.5. The number of hydrogen-bond donors (Lipinski definition) is 1. The first-order valence-corrected chi connectivity index (χ1v) is 8.90. The van der Waals surface area contributed by atoms with Gasteiger partial charge in [0.2, 0.25) is 0 Å². The summed E-state index contributed by atoms with van der Waals surface area (Å²) in [4.78, 5) is 10.8. The van der Waals surface area contributed by atoms with Crippen LogP contribution in [0.2, 0.25) is 0 Å². The van der Waals surface area contributed by atoms with Crippen molar-refractivity contribution in [3.05, 3.63) is 29.8 Å². The van der Waals surface area contributed by atoms with Gasteiger partial charge >= 0.3 is 5.97 Å². The van der Waals surface area contributed by atoms with Crippen molar-refractivity contribution >= 4 is 5.97 Å². The number of carbonyl (C=O) groups is 1. The highest BCUT2D eigenvalue weighted by atomic mass is 16.6. The molecule has 0 aliphatic carbocycles. The largest absolute Gasteiger partial charge is 0.494 e. The van der Waals surface area contributed by atoms with E-state index in [0.29, 0.717) is 26.4 Å². The molecule has 0 bridgehead atoms. The summed E-state index contributed by atoms with van der Waals surface area (Å²) >= 11 is 0. The highest BCUT2D eigenvalue weighted by Crippen LogP contribution is 2.14. The van der Waals surface area contributed by atoms with Crippen LogP contribution in [0.4, 0.5) is 0 Å². The summed E-state index contributed by atoms with van der Waals surface area (Å²) in [6.07, 6.45) is 4.75. The lowest BCUT2D eigenvalue weighted by Gasteiger charge is -2.08. The lowest BCUT2D eigenvalue weighted by molar-refractivity contribution is -0.146. The van der Waals surface area contributed by atoms with Crippen LogP contribution in [-0.4, -0.2) is 52.7 Å². The monoisotopic (exact) mass is 353 g/mol. The summed E-state index contributed by atoms with van der Waals surface area (Å²) in [7, 11) is 1.35. The van der Waals surface area contributed by atoms with Crippen LogP contribution in [0.25, 0.3) is 0 Å². The minimum Gasteiger partial charge on any atom is -0.494 e. The first kappa shape index (κ1) is 21.4. The van der Waals surface area contributed by atoms with Crippen LogP contribution in [-0.2, 0) is 25.4 Å². The van der Waals surface area contributed by atoms with Crippen molar-refractivity contribution in [2.75, 3.05) is 46.7 Å². The third-order valence-corrected chi connectivity index (χ3v) is 3.56. The molecule has 0 radical (unpaired) electrons. The minimum absolute atomic E-state index is 0.00559. The van der Waals surface area contributed by atoms with Gasteiger partial charge in [0.1, 0.15) is 12.4 Å². The summed E-state index contributed by atoms with van der Waals surface area (Å²) < 4.78 is 20.9. The van der Waals surface area contributed by atoms with Crippen LogP contribution >= 0.6 is 0 Å². The maximum Gasteiger partial charge on any atom is 0.331 e. The van der Waals surface area contributed by atoms with Crippen molar-refractivity contribution in [3.8, 4) is 5.75 Å². The van der Waals surface area contributed by atoms with E-state index in [2.05, 4.69) is 16.9 Å². The minimum atomic E-state index is -0.353. The van der Waals surface area contributed by atoms with Gasteiger partial charge in [0.05, 0.1) is 13.7 Å². The SMILES string of the molecule is COC(=O)COCCCOCCCCCOc1cccc(CCN)c1. The molecule has 1 aromatic carbocycles. The van der Waals surface area contributed by atoms with Crippen LogP contribution in [0.3, 0.4) is 0 Å². The molecule has 0 unspecified atom stereocenters. The van der Waals surface area contributed by atoms with E-state index in [1.807, 2.05) is 12.1 Å². The molecule has 142 valence electrons. The summed E-state index contributed by atoms with van der Waals surface area (Å²) in [5.74, 6) is 0.559. The molecule has 0 spiro atoms. The van der Waals surface area contributed by atoms with Gasteiger partial charge in [0, 0.05) is 19.8 Å². The van der Waals surface area contributed by atoms with Crippen molar-refractivity contribution in [1.82, 2.24) is 0 Å². The fraction of sp³-hybridized carbons (Fsp3) is 0.632. The molecule has 1 rings (SSSR count). The van der Waals surface area contributed by atoms with Crippen molar-refractivity contribution in [1.29, 1.82) is 0 Å². The first-order valence-electron chi connectivity index (χ1n) is 8.90. The average molecular weight is 353 g/mol. The molecule has 0 saturated heterocycles. The summed E-state index contributed by atoms with van der Waals surface area (Å²) in [5, 5.41) is 0. The standard InChI is InChI=1S/C19H31NO5/c1-22-19(21)16-24-13-6-12-23-11-3-2-4-14-25-18-8-5-7-17(15-18)9-10-20/h5,7-8,15H,2-4,6,9-14,16,20H2,1H3. The number of carbonyl (C=O) groups excluding carboxylic acids is 1. The Kier molecular flexibility index (Phi) is 12.6. The zero-order valence-electron chi connectivity index (χ0n) is 15.2. The molecule has 1 aromatic rings. The Balaban J connectivity index is 1.89. The molecule has 0 heterocycles. The van der Waals surface area contributed by atoms with E-state index in [1.165, 1.54) is 12.7 Å². The number of esters is 1. The van der Waals surface area contributed by atoms with Gasteiger partial charge < -0.3 is 24.7 Å². The molecule has 6 nitrogen and oxygen atoms in total. The van der Waals surface area contributed by atoms with Crippen LogP contribution < -0.4 is 10.5 Å². The zero-order chi connectivity index (χ0) is 18.2. The van der Waals surface area contributed by atoms with Gasteiger partial charge in [-0.2, -0.15) is 0 Å². The second-order valence-electron chi connectivity index (χ2n) is 5.69. The lowest BCUT2D eigenvalue weighted by atomic mass is 10.1. The molecule has 6 heteroatoms. The van der Waals surface area contributed by atoms with Crippen LogP contribution in [0.15, 0.2) is 24.3 Å². The topological polar surface area (TPSA) is 80.0 Å². The van der Waals surface area contributed by atoms with Crippen molar-refractivity contribution in [2.24, 2.45) is 5.73 Å². The number of nitrogens with two attached hydrogens (primary N) is 1. The van der Waals surface area contributed by atoms with Crippen LogP contribution in [0.5, 0.6) is 5.75 Å². The number of hydrogen-bond acceptors (Lipinski definition) is 6. The Bertz CT molecular complexity index is 467. The summed E-state index contributed by atoms with van der Waals surface area (Å²) in [5.41, 5.74) is 6.78. The predicted molar refractivity (Wildman–Crippen MR) is 96.8 cm³/mol. The fourth-order valence-electron chi connectivity index (χ4n) is 2.21. The molecule has 0 aliphatic rings. The predicted octanol–water partition coefficient (Wildman–Crippen LogP) is 2.33. The van der Waals surface area contributed by atoms with Crippen LogP contribution in [0, 0.1) is 0 Å². The van der Waals surface area contributed by atoms with E-state index in [4.69, 9.17) is 19.9 Å². The van der Waals surface area contributed by atoms with E-state index in [9.17, 15) is 4.79 Å². The third-order valence-electron chi connectivity index (χ3n) is 3.56. The Morgan fingerprint density at radius 1 is 1.00 bits per heavy atom. The average Bonchev–Trinajstić information content (AvgIpc) is 2.63. The lowest BCUT2D eigenvalue weighted by Crippen LogP contribution is -2.11. The molecular formula is C19H31NO5. The fourth-order valence-corrected chi connectivity index (χ4v) is 2.21. The number of unbranched alkanes of at least 4 members (excludes halogenated alkanes) is 2. The van der Waals surface area contributed by atoms with E-state index in [0.717, 1.165) is 44.5 Å². The Morgan fingerprint density at radius 2 is 1.76 bits per heavy atom. The highest BCUT2D eigenvalue weighted by molar-refractivity contribution is 5.70. The van der Waals surface area contributed by atoms with Gasteiger partial charge in [-0.15, -0.1) is 0 Å². The highest BCUT2D eigenvalue weighted by Gasteiger charge is 1.99. The molecule has 25 heavy (non-hydrogen) atoms. The van der Waals surface area contributed by atoms with Gasteiger partial charge in [-0.25, -0.2) is 4.79 Å². The van der Waals surface area contributed by atoms with E-state index in [1.54, 1.807) is 0 Å². The number of methoxy groups -OCH3 is 1. The Labute approximate surface area is 150 Å². The maximum atomic E-state index is 10.8. The molecule has 2 N–H and O–H groups in total. The van der Waals surface area contributed by atoms with Gasteiger partial charge in [-0.05, 0) is 56.3 Å². The van der Waals surface area contributed by atoms with Gasteiger partial charge in [0.25, 0.3) is 0 Å². The molecule has 0 aliphatic heterocycles. The second-order valence-corrected chi connectivity index (χ2v) is 5.69. The zero-order valence-corrected chi connectivity index (χ0v) is 15.2. The van der Waals surface area contributed by atoms with Crippen molar-refractivity contribution in [3.63, 3.8) is 0 Å². The maximum absolute atomic E-state index is 10.8. The quantitative estimate of drug-likeness (QED) is 0.385. The van der Waals surface area contributed by atoms with Crippen molar-refractivity contribution < 1.29 is 23.7 Å². The summed E-state index contributed by atoms with van der Waals surface area (Å²) in [6, 6.07) is 8.10. The molecular weight excluding hydrogens is 322 g/mol. The first-order chi connectivity index (χ1) is 12.3.